The Morgan fingerprint density at radius 3 is 2.07 bits per heavy atom. The van der Waals surface area contributed by atoms with E-state index in [0.717, 1.165) is 4.47 Å². The van der Waals surface area contributed by atoms with Crippen molar-refractivity contribution in [2.75, 3.05) is 23.8 Å². The summed E-state index contributed by atoms with van der Waals surface area (Å²) >= 11 is 9.38. The molecule has 0 aliphatic carbocycles. The van der Waals surface area contributed by atoms with Gasteiger partial charge in [-0.1, -0.05) is 51.8 Å². The molecule has 0 heterocycles. The summed E-state index contributed by atoms with van der Waals surface area (Å²) < 4.78 is 11.7. The van der Waals surface area contributed by atoms with Crippen molar-refractivity contribution >= 4 is 50.7 Å². The molecule has 0 fully saturated rings. The molecule has 0 saturated heterocycles. The van der Waals surface area contributed by atoms with E-state index in [1.165, 1.54) is 0 Å². The summed E-state index contributed by atoms with van der Waals surface area (Å²) in [6, 6.07) is 21.0. The van der Waals surface area contributed by atoms with Crippen LogP contribution in [0.25, 0.3) is 0 Å². The number of benzene rings is 3. The van der Waals surface area contributed by atoms with E-state index in [4.69, 9.17) is 21.1 Å². The van der Waals surface area contributed by atoms with Gasteiger partial charge in [0.25, 0.3) is 11.8 Å². The zero-order chi connectivity index (χ0) is 21.3. The van der Waals surface area contributed by atoms with Gasteiger partial charge in [-0.15, -0.1) is 0 Å². The molecule has 6 nitrogen and oxygen atoms in total. The van der Waals surface area contributed by atoms with Crippen LogP contribution in [0.3, 0.4) is 0 Å². The van der Waals surface area contributed by atoms with Crippen molar-refractivity contribution in [2.45, 2.75) is 0 Å². The number of anilines is 2. The second-order valence-corrected chi connectivity index (χ2v) is 7.47. The van der Waals surface area contributed by atoms with Crippen LogP contribution >= 0.6 is 27.5 Å². The molecule has 0 aliphatic rings. The minimum atomic E-state index is -0.357. The third-order valence-electron chi connectivity index (χ3n) is 3.80. The first kappa shape index (κ1) is 21.7. The summed E-state index contributed by atoms with van der Waals surface area (Å²) in [5.74, 6) is 0.356. The van der Waals surface area contributed by atoms with Crippen LogP contribution in [0.1, 0.15) is 0 Å². The molecule has 0 bridgehead atoms. The van der Waals surface area contributed by atoms with Crippen molar-refractivity contribution in [1.82, 2.24) is 0 Å². The van der Waals surface area contributed by atoms with E-state index in [2.05, 4.69) is 26.6 Å². The number of para-hydroxylation sites is 1. The van der Waals surface area contributed by atoms with Crippen molar-refractivity contribution < 1.29 is 19.1 Å². The molecule has 2 N–H and O–H groups in total. The number of carbonyl (C=O) groups is 2. The van der Waals surface area contributed by atoms with Crippen LogP contribution in [0.4, 0.5) is 11.4 Å². The van der Waals surface area contributed by atoms with E-state index in [-0.39, 0.29) is 25.0 Å². The van der Waals surface area contributed by atoms with Gasteiger partial charge in [-0.05, 0) is 48.5 Å². The van der Waals surface area contributed by atoms with Crippen LogP contribution in [-0.4, -0.2) is 25.0 Å². The average molecular weight is 490 g/mol. The highest BCUT2D eigenvalue weighted by molar-refractivity contribution is 9.10. The van der Waals surface area contributed by atoms with E-state index in [0.29, 0.717) is 27.9 Å². The molecule has 2 amide bonds. The Balaban J connectivity index is 1.49. The third-order valence-corrected chi connectivity index (χ3v) is 4.58. The molecule has 30 heavy (non-hydrogen) atoms. The maximum atomic E-state index is 12.2. The predicted octanol–water partition coefficient (Wildman–Crippen LogP) is 5.14. The quantitative estimate of drug-likeness (QED) is 0.459. The van der Waals surface area contributed by atoms with Gasteiger partial charge in [0.15, 0.2) is 13.2 Å². The van der Waals surface area contributed by atoms with Crippen molar-refractivity contribution in [3.63, 3.8) is 0 Å². The van der Waals surface area contributed by atoms with E-state index < -0.39 is 0 Å². The fraction of sp³-hybridized carbons (Fsp3) is 0.0909. The molecule has 0 unspecified atom stereocenters. The van der Waals surface area contributed by atoms with Crippen LogP contribution in [-0.2, 0) is 9.59 Å². The maximum absolute atomic E-state index is 12.2. The lowest BCUT2D eigenvalue weighted by Gasteiger charge is -2.11. The van der Waals surface area contributed by atoms with Gasteiger partial charge in [-0.25, -0.2) is 0 Å². The molecular weight excluding hydrogens is 472 g/mol. The SMILES string of the molecule is O=C(COc1ccccc1)Nc1cccc(NC(=O)COc2ccc(Br)cc2Cl)c1. The normalized spacial score (nSPS) is 10.2. The molecule has 3 aromatic carbocycles. The minimum absolute atomic E-state index is 0.123. The largest absolute Gasteiger partial charge is 0.484 e. The summed E-state index contributed by atoms with van der Waals surface area (Å²) in [5.41, 5.74) is 1.05. The number of hydrogen-bond acceptors (Lipinski definition) is 4. The van der Waals surface area contributed by atoms with E-state index in [1.807, 2.05) is 18.2 Å². The molecule has 3 rings (SSSR count). The topological polar surface area (TPSA) is 76.7 Å². The molecule has 0 atom stereocenters. The highest BCUT2D eigenvalue weighted by Crippen LogP contribution is 2.27. The zero-order valence-electron chi connectivity index (χ0n) is 15.7. The van der Waals surface area contributed by atoms with Crippen LogP contribution in [0.5, 0.6) is 11.5 Å². The van der Waals surface area contributed by atoms with Crippen LogP contribution in [0, 0.1) is 0 Å². The van der Waals surface area contributed by atoms with Crippen molar-refractivity contribution in [1.29, 1.82) is 0 Å². The van der Waals surface area contributed by atoms with Crippen molar-refractivity contribution in [3.8, 4) is 11.5 Å². The summed E-state index contributed by atoms with van der Waals surface area (Å²) in [4.78, 5) is 24.2. The highest BCUT2D eigenvalue weighted by atomic mass is 79.9. The number of nitrogens with one attached hydrogen (secondary N) is 2. The average Bonchev–Trinajstić information content (AvgIpc) is 2.73. The highest BCUT2D eigenvalue weighted by Gasteiger charge is 2.09. The summed E-state index contributed by atoms with van der Waals surface area (Å²) in [7, 11) is 0. The molecule has 0 aromatic heterocycles. The number of rotatable bonds is 8. The first-order valence-electron chi connectivity index (χ1n) is 8.95. The standard InChI is InChI=1S/C22H18BrClN2O4/c23-15-9-10-20(19(24)11-15)30-14-22(28)26-17-6-4-5-16(12-17)25-21(27)13-29-18-7-2-1-3-8-18/h1-12H,13-14H2,(H,25,27)(H,26,28). The monoisotopic (exact) mass is 488 g/mol. The lowest BCUT2D eigenvalue weighted by atomic mass is 10.2. The molecule has 0 spiro atoms. The van der Waals surface area contributed by atoms with Gasteiger partial charge in [0.2, 0.25) is 0 Å². The van der Waals surface area contributed by atoms with E-state index in [9.17, 15) is 9.59 Å². The lowest BCUT2D eigenvalue weighted by Crippen LogP contribution is -2.21. The van der Waals surface area contributed by atoms with Crippen molar-refractivity contribution in [3.05, 3.63) is 82.3 Å². The van der Waals surface area contributed by atoms with Gasteiger partial charge in [0, 0.05) is 15.8 Å². The second-order valence-electron chi connectivity index (χ2n) is 6.14. The van der Waals surface area contributed by atoms with E-state index >= 15 is 0 Å². The molecular formula is C22H18BrClN2O4. The van der Waals surface area contributed by atoms with Crippen LogP contribution in [0.2, 0.25) is 5.02 Å². The van der Waals surface area contributed by atoms with Gasteiger partial charge < -0.3 is 20.1 Å². The third kappa shape index (κ3) is 6.79. The Morgan fingerprint density at radius 2 is 1.43 bits per heavy atom. The Bertz CT molecular complexity index is 1030. The van der Waals surface area contributed by atoms with Crippen LogP contribution in [0.15, 0.2) is 77.3 Å². The molecule has 0 radical (unpaired) electrons. The van der Waals surface area contributed by atoms with Crippen LogP contribution < -0.4 is 20.1 Å². The molecule has 8 heteroatoms. The van der Waals surface area contributed by atoms with Gasteiger partial charge >= 0.3 is 0 Å². The smallest absolute Gasteiger partial charge is 0.262 e. The number of ether oxygens (including phenoxy) is 2. The van der Waals surface area contributed by atoms with Gasteiger partial charge in [-0.2, -0.15) is 0 Å². The summed E-state index contributed by atoms with van der Waals surface area (Å²) in [6.07, 6.45) is 0. The second kappa shape index (κ2) is 10.7. The Hall–Kier alpha value is -3.03. The fourth-order valence-corrected chi connectivity index (χ4v) is 3.20. The lowest BCUT2D eigenvalue weighted by molar-refractivity contribution is -0.118. The zero-order valence-corrected chi connectivity index (χ0v) is 18.1. The van der Waals surface area contributed by atoms with Gasteiger partial charge in [0.05, 0.1) is 5.02 Å². The molecule has 0 saturated carbocycles. The first-order chi connectivity index (χ1) is 14.5. The maximum Gasteiger partial charge on any atom is 0.262 e. The number of carbonyl (C=O) groups excluding carboxylic acids is 2. The molecule has 154 valence electrons. The van der Waals surface area contributed by atoms with Crippen molar-refractivity contribution in [2.24, 2.45) is 0 Å². The van der Waals surface area contributed by atoms with Gasteiger partial charge in [-0.3, -0.25) is 9.59 Å². The molecule has 3 aromatic rings. The summed E-state index contributed by atoms with van der Waals surface area (Å²) in [6.45, 7) is -0.328. The van der Waals surface area contributed by atoms with E-state index in [1.54, 1.807) is 54.6 Å². The number of amides is 2. The Kier molecular flexibility index (Phi) is 7.70. The summed E-state index contributed by atoms with van der Waals surface area (Å²) in [5, 5.41) is 5.85. The molecule has 0 aliphatic heterocycles. The predicted molar refractivity (Wildman–Crippen MR) is 120 cm³/mol. The Morgan fingerprint density at radius 1 is 0.800 bits per heavy atom. The number of hydrogen-bond donors (Lipinski definition) is 2. The Labute approximate surface area is 187 Å². The fourth-order valence-electron chi connectivity index (χ4n) is 2.47. The van der Waals surface area contributed by atoms with Gasteiger partial charge in [0.1, 0.15) is 11.5 Å². The number of halogens is 2. The first-order valence-corrected chi connectivity index (χ1v) is 10.1. The minimum Gasteiger partial charge on any atom is -0.484 e.